The number of nitrogens with zero attached hydrogens (tertiary/aromatic N) is 3. The van der Waals surface area contributed by atoms with Crippen LogP contribution < -0.4 is 5.32 Å². The van der Waals surface area contributed by atoms with Gasteiger partial charge in [-0.3, -0.25) is 0 Å². The van der Waals surface area contributed by atoms with E-state index in [0.717, 1.165) is 38.3 Å². The summed E-state index contributed by atoms with van der Waals surface area (Å²) in [7, 11) is 0. The lowest BCUT2D eigenvalue weighted by atomic mass is 10.3. The number of hydrogen-bond donors (Lipinski definition) is 1. The lowest BCUT2D eigenvalue weighted by Crippen LogP contribution is -2.19. The van der Waals surface area contributed by atoms with Gasteiger partial charge in [0.25, 0.3) is 0 Å². The van der Waals surface area contributed by atoms with E-state index in [9.17, 15) is 0 Å². The quantitative estimate of drug-likeness (QED) is 0.739. The molecule has 0 radical (unpaired) electrons. The van der Waals surface area contributed by atoms with E-state index < -0.39 is 0 Å². The van der Waals surface area contributed by atoms with Crippen molar-refractivity contribution in [2.45, 2.75) is 32.9 Å². The van der Waals surface area contributed by atoms with Crippen LogP contribution in [0.25, 0.3) is 0 Å². The first-order valence-corrected chi connectivity index (χ1v) is 6.00. The molecule has 0 aliphatic heterocycles. The van der Waals surface area contributed by atoms with Crippen molar-refractivity contribution in [1.29, 1.82) is 0 Å². The lowest BCUT2D eigenvalue weighted by Gasteiger charge is -2.08. The van der Waals surface area contributed by atoms with Crippen LogP contribution in [-0.4, -0.2) is 21.3 Å². The molecular formula is C12H18N4O. The Labute approximate surface area is 101 Å². The largest absolute Gasteiger partial charge is 0.350 e. The second-order valence-electron chi connectivity index (χ2n) is 3.97. The van der Waals surface area contributed by atoms with E-state index in [1.165, 1.54) is 12.1 Å². The van der Waals surface area contributed by atoms with Crippen LogP contribution >= 0.6 is 0 Å². The minimum atomic E-state index is 0.751. The van der Waals surface area contributed by atoms with Crippen molar-refractivity contribution < 1.29 is 4.52 Å². The highest BCUT2D eigenvalue weighted by Gasteiger charge is 2.01. The number of aryl methyl sites for hydroxylation is 1. The van der Waals surface area contributed by atoms with Crippen molar-refractivity contribution in [2.75, 3.05) is 6.54 Å². The highest BCUT2D eigenvalue weighted by Crippen LogP contribution is 2.03. The van der Waals surface area contributed by atoms with Crippen molar-refractivity contribution in [2.24, 2.45) is 0 Å². The predicted octanol–water partition coefficient (Wildman–Crippen LogP) is 1.61. The number of hydrogen-bond acceptors (Lipinski definition) is 4. The minimum absolute atomic E-state index is 0.751. The standard InChI is InChI=1S/C12H18N4O/c1-2-7-16-8-3-4-11(16)9-13-6-5-12-14-10-17-15-12/h3-4,8,10,13H,2,5-7,9H2,1H3. The SMILES string of the molecule is CCCn1cccc1CNCCc1ncon1. The van der Waals surface area contributed by atoms with Gasteiger partial charge < -0.3 is 14.4 Å². The van der Waals surface area contributed by atoms with E-state index in [-0.39, 0.29) is 0 Å². The summed E-state index contributed by atoms with van der Waals surface area (Å²) in [6, 6.07) is 4.24. The zero-order valence-corrected chi connectivity index (χ0v) is 10.1. The van der Waals surface area contributed by atoms with Gasteiger partial charge >= 0.3 is 0 Å². The maximum absolute atomic E-state index is 4.68. The Bertz CT molecular complexity index is 421. The molecule has 0 amide bonds. The van der Waals surface area contributed by atoms with Gasteiger partial charge in [0.2, 0.25) is 6.39 Å². The Morgan fingerprint density at radius 2 is 2.41 bits per heavy atom. The van der Waals surface area contributed by atoms with Crippen LogP contribution in [0.5, 0.6) is 0 Å². The molecule has 2 aromatic heterocycles. The maximum atomic E-state index is 4.68. The first-order valence-electron chi connectivity index (χ1n) is 6.00. The van der Waals surface area contributed by atoms with E-state index in [1.54, 1.807) is 0 Å². The van der Waals surface area contributed by atoms with Crippen LogP contribution in [0.4, 0.5) is 0 Å². The lowest BCUT2D eigenvalue weighted by molar-refractivity contribution is 0.409. The molecule has 0 bridgehead atoms. The molecule has 5 heteroatoms. The van der Waals surface area contributed by atoms with Crippen LogP contribution in [0, 0.1) is 0 Å². The van der Waals surface area contributed by atoms with Gasteiger partial charge in [-0.25, -0.2) is 0 Å². The molecule has 0 saturated heterocycles. The molecule has 0 atom stereocenters. The summed E-state index contributed by atoms with van der Waals surface area (Å²) in [5, 5.41) is 7.15. The van der Waals surface area contributed by atoms with Crippen molar-refractivity contribution >= 4 is 0 Å². The summed E-state index contributed by atoms with van der Waals surface area (Å²) in [6.45, 7) is 5.00. The zero-order valence-electron chi connectivity index (χ0n) is 10.1. The average molecular weight is 234 g/mol. The van der Waals surface area contributed by atoms with Gasteiger partial charge in [0.1, 0.15) is 0 Å². The predicted molar refractivity (Wildman–Crippen MR) is 64.4 cm³/mol. The van der Waals surface area contributed by atoms with E-state index in [1.807, 2.05) is 0 Å². The molecule has 0 aliphatic rings. The molecule has 1 N–H and O–H groups in total. The molecule has 0 spiro atoms. The van der Waals surface area contributed by atoms with Crippen LogP contribution in [0.3, 0.4) is 0 Å². The van der Waals surface area contributed by atoms with Gasteiger partial charge in [-0.1, -0.05) is 12.1 Å². The highest BCUT2D eigenvalue weighted by atomic mass is 16.5. The van der Waals surface area contributed by atoms with Crippen molar-refractivity contribution in [3.05, 3.63) is 36.2 Å². The molecule has 0 aromatic carbocycles. The molecule has 0 unspecified atom stereocenters. The second-order valence-corrected chi connectivity index (χ2v) is 3.97. The Morgan fingerprint density at radius 3 is 3.18 bits per heavy atom. The molecular weight excluding hydrogens is 216 g/mol. The third kappa shape index (κ3) is 3.42. The third-order valence-corrected chi connectivity index (χ3v) is 2.63. The highest BCUT2D eigenvalue weighted by molar-refractivity contribution is 5.06. The molecule has 2 aromatic rings. The van der Waals surface area contributed by atoms with Crippen molar-refractivity contribution in [3.8, 4) is 0 Å². The Kier molecular flexibility index (Phi) is 4.32. The third-order valence-electron chi connectivity index (χ3n) is 2.63. The first kappa shape index (κ1) is 11.9. The number of aromatic nitrogens is 3. The van der Waals surface area contributed by atoms with Gasteiger partial charge in [-0.15, -0.1) is 0 Å². The second kappa shape index (κ2) is 6.20. The van der Waals surface area contributed by atoms with Crippen LogP contribution in [0.15, 0.2) is 29.2 Å². The summed E-state index contributed by atoms with van der Waals surface area (Å²) >= 11 is 0. The summed E-state index contributed by atoms with van der Waals surface area (Å²) in [4.78, 5) is 3.97. The number of nitrogens with one attached hydrogen (secondary N) is 1. The van der Waals surface area contributed by atoms with E-state index >= 15 is 0 Å². The van der Waals surface area contributed by atoms with Crippen molar-refractivity contribution in [3.63, 3.8) is 0 Å². The molecule has 5 nitrogen and oxygen atoms in total. The molecule has 17 heavy (non-hydrogen) atoms. The van der Waals surface area contributed by atoms with Gasteiger partial charge in [0.15, 0.2) is 5.82 Å². The minimum Gasteiger partial charge on any atom is -0.350 e. The van der Waals surface area contributed by atoms with Gasteiger partial charge in [-0.2, -0.15) is 4.98 Å². The normalized spacial score (nSPS) is 10.9. The molecule has 2 rings (SSSR count). The molecule has 92 valence electrons. The maximum Gasteiger partial charge on any atom is 0.213 e. The van der Waals surface area contributed by atoms with Gasteiger partial charge in [0, 0.05) is 37.9 Å². The number of rotatable bonds is 7. The smallest absolute Gasteiger partial charge is 0.213 e. The van der Waals surface area contributed by atoms with Gasteiger partial charge in [0.05, 0.1) is 0 Å². The summed E-state index contributed by atoms with van der Waals surface area (Å²) in [5.41, 5.74) is 1.32. The van der Waals surface area contributed by atoms with Crippen LogP contribution in [0.1, 0.15) is 24.9 Å². The fraction of sp³-hybridized carbons (Fsp3) is 0.500. The van der Waals surface area contributed by atoms with Crippen LogP contribution in [0.2, 0.25) is 0 Å². The molecule has 2 heterocycles. The fourth-order valence-electron chi connectivity index (χ4n) is 1.79. The summed E-state index contributed by atoms with van der Waals surface area (Å²) in [5.74, 6) is 0.751. The Balaban J connectivity index is 1.72. The zero-order chi connectivity index (χ0) is 11.9. The van der Waals surface area contributed by atoms with Crippen LogP contribution in [-0.2, 0) is 19.5 Å². The molecule has 0 fully saturated rings. The first-order chi connectivity index (χ1) is 8.40. The fourth-order valence-corrected chi connectivity index (χ4v) is 1.79. The van der Waals surface area contributed by atoms with Gasteiger partial charge in [-0.05, 0) is 18.6 Å². The topological polar surface area (TPSA) is 55.9 Å². The molecule has 0 saturated carbocycles. The van der Waals surface area contributed by atoms with Crippen molar-refractivity contribution in [1.82, 2.24) is 20.0 Å². The molecule has 0 aliphatic carbocycles. The van der Waals surface area contributed by atoms with E-state index in [0.29, 0.717) is 0 Å². The Hall–Kier alpha value is -1.62. The van der Waals surface area contributed by atoms with E-state index in [2.05, 4.69) is 49.8 Å². The van der Waals surface area contributed by atoms with E-state index in [4.69, 9.17) is 0 Å². The Morgan fingerprint density at radius 1 is 1.47 bits per heavy atom. The average Bonchev–Trinajstić information content (AvgIpc) is 2.96. The summed E-state index contributed by atoms with van der Waals surface area (Å²) in [6.07, 6.45) is 5.44. The monoisotopic (exact) mass is 234 g/mol. The summed E-state index contributed by atoms with van der Waals surface area (Å²) < 4.78 is 6.95.